The van der Waals surface area contributed by atoms with Gasteiger partial charge in [0.15, 0.2) is 0 Å². The highest BCUT2D eigenvalue weighted by Crippen LogP contribution is 2.13. The summed E-state index contributed by atoms with van der Waals surface area (Å²) >= 11 is 1.76. The SMILES string of the molecule is Cc1cnc(CN(CCCO)Cc2cccs2)cn1. The van der Waals surface area contributed by atoms with E-state index in [2.05, 4.69) is 32.4 Å². The van der Waals surface area contributed by atoms with Crippen molar-refractivity contribution in [2.75, 3.05) is 13.2 Å². The van der Waals surface area contributed by atoms with Crippen LogP contribution in [0.5, 0.6) is 0 Å². The number of aliphatic hydroxyl groups excluding tert-OH is 1. The summed E-state index contributed by atoms with van der Waals surface area (Å²) in [6.07, 6.45) is 4.41. The minimum absolute atomic E-state index is 0.223. The van der Waals surface area contributed by atoms with E-state index >= 15 is 0 Å². The van der Waals surface area contributed by atoms with Crippen LogP contribution in [0.3, 0.4) is 0 Å². The van der Waals surface area contributed by atoms with Crippen molar-refractivity contribution in [3.05, 3.63) is 46.2 Å². The van der Waals surface area contributed by atoms with Gasteiger partial charge in [-0.3, -0.25) is 14.9 Å². The molecule has 0 unspecified atom stereocenters. The monoisotopic (exact) mass is 277 g/mol. The third-order valence-electron chi connectivity index (χ3n) is 2.81. The van der Waals surface area contributed by atoms with Crippen molar-refractivity contribution in [1.29, 1.82) is 0 Å². The summed E-state index contributed by atoms with van der Waals surface area (Å²) in [5.74, 6) is 0. The molecule has 0 atom stereocenters. The van der Waals surface area contributed by atoms with Gasteiger partial charge in [0.1, 0.15) is 0 Å². The highest BCUT2D eigenvalue weighted by molar-refractivity contribution is 7.09. The fourth-order valence-electron chi connectivity index (χ4n) is 1.86. The Morgan fingerprint density at radius 3 is 2.79 bits per heavy atom. The maximum absolute atomic E-state index is 8.99. The fourth-order valence-corrected chi connectivity index (χ4v) is 2.61. The molecule has 0 fully saturated rings. The summed E-state index contributed by atoms with van der Waals surface area (Å²) < 4.78 is 0. The van der Waals surface area contributed by atoms with Crippen LogP contribution >= 0.6 is 11.3 Å². The number of hydrogen-bond acceptors (Lipinski definition) is 5. The molecular formula is C14H19N3OS. The van der Waals surface area contributed by atoms with Gasteiger partial charge in [-0.1, -0.05) is 6.07 Å². The molecule has 4 nitrogen and oxygen atoms in total. The normalized spacial score (nSPS) is 11.1. The number of nitrogens with zero attached hydrogens (tertiary/aromatic N) is 3. The van der Waals surface area contributed by atoms with Crippen molar-refractivity contribution >= 4 is 11.3 Å². The lowest BCUT2D eigenvalue weighted by molar-refractivity contribution is 0.212. The molecule has 0 saturated heterocycles. The van der Waals surface area contributed by atoms with Gasteiger partial charge in [-0.15, -0.1) is 11.3 Å². The molecular weight excluding hydrogens is 258 g/mol. The molecule has 0 saturated carbocycles. The number of thiophene rings is 1. The molecule has 0 amide bonds. The van der Waals surface area contributed by atoms with Crippen LogP contribution < -0.4 is 0 Å². The highest BCUT2D eigenvalue weighted by atomic mass is 32.1. The third-order valence-corrected chi connectivity index (χ3v) is 3.67. The molecule has 2 rings (SSSR count). The Hall–Kier alpha value is -1.30. The summed E-state index contributed by atoms with van der Waals surface area (Å²) in [6, 6.07) is 4.20. The molecule has 0 bridgehead atoms. The van der Waals surface area contributed by atoms with E-state index in [1.165, 1.54) is 4.88 Å². The van der Waals surface area contributed by atoms with Crippen LogP contribution in [0.4, 0.5) is 0 Å². The fraction of sp³-hybridized carbons (Fsp3) is 0.429. The van der Waals surface area contributed by atoms with Crippen molar-refractivity contribution in [2.24, 2.45) is 0 Å². The lowest BCUT2D eigenvalue weighted by Gasteiger charge is -2.20. The summed E-state index contributed by atoms with van der Waals surface area (Å²) in [7, 11) is 0. The Morgan fingerprint density at radius 1 is 1.26 bits per heavy atom. The van der Waals surface area contributed by atoms with Crippen LogP contribution in [0.25, 0.3) is 0 Å². The van der Waals surface area contributed by atoms with Gasteiger partial charge in [-0.2, -0.15) is 0 Å². The maximum atomic E-state index is 8.99. The second kappa shape index (κ2) is 7.33. The van der Waals surface area contributed by atoms with Crippen molar-refractivity contribution < 1.29 is 5.11 Å². The van der Waals surface area contributed by atoms with E-state index in [4.69, 9.17) is 5.11 Å². The topological polar surface area (TPSA) is 49.2 Å². The van der Waals surface area contributed by atoms with Crippen molar-refractivity contribution in [2.45, 2.75) is 26.4 Å². The number of aryl methyl sites for hydroxylation is 1. The van der Waals surface area contributed by atoms with E-state index < -0.39 is 0 Å². The maximum Gasteiger partial charge on any atom is 0.0727 e. The number of aliphatic hydroxyl groups is 1. The Labute approximate surface area is 117 Å². The molecule has 0 aliphatic carbocycles. The predicted molar refractivity (Wildman–Crippen MR) is 76.9 cm³/mol. The van der Waals surface area contributed by atoms with Gasteiger partial charge in [0.25, 0.3) is 0 Å². The van der Waals surface area contributed by atoms with Gasteiger partial charge >= 0.3 is 0 Å². The quantitative estimate of drug-likeness (QED) is 0.843. The first-order chi connectivity index (χ1) is 9.28. The molecule has 5 heteroatoms. The highest BCUT2D eigenvalue weighted by Gasteiger charge is 2.08. The zero-order valence-corrected chi connectivity index (χ0v) is 11.9. The Bertz CT molecular complexity index is 470. The van der Waals surface area contributed by atoms with E-state index in [9.17, 15) is 0 Å². The largest absolute Gasteiger partial charge is 0.396 e. The third kappa shape index (κ3) is 4.70. The molecule has 0 aromatic carbocycles. The average Bonchev–Trinajstić information content (AvgIpc) is 2.91. The van der Waals surface area contributed by atoms with Crippen molar-refractivity contribution in [1.82, 2.24) is 14.9 Å². The van der Waals surface area contributed by atoms with Crippen molar-refractivity contribution in [3.8, 4) is 0 Å². The molecule has 0 aliphatic rings. The van der Waals surface area contributed by atoms with Crippen LogP contribution in [0.15, 0.2) is 29.9 Å². The van der Waals surface area contributed by atoms with Gasteiger partial charge in [0, 0.05) is 43.5 Å². The molecule has 19 heavy (non-hydrogen) atoms. The first kappa shape index (κ1) is 14.1. The smallest absolute Gasteiger partial charge is 0.0727 e. The summed E-state index contributed by atoms with van der Waals surface area (Å²) in [5.41, 5.74) is 1.91. The van der Waals surface area contributed by atoms with Crippen LogP contribution in [0, 0.1) is 6.92 Å². The zero-order chi connectivity index (χ0) is 13.5. The number of aromatic nitrogens is 2. The van der Waals surface area contributed by atoms with Crippen LogP contribution in [-0.2, 0) is 13.1 Å². The minimum Gasteiger partial charge on any atom is -0.396 e. The van der Waals surface area contributed by atoms with Gasteiger partial charge in [0.2, 0.25) is 0 Å². The molecule has 2 heterocycles. The molecule has 0 spiro atoms. The molecule has 0 radical (unpaired) electrons. The van der Waals surface area contributed by atoms with Crippen molar-refractivity contribution in [3.63, 3.8) is 0 Å². The lowest BCUT2D eigenvalue weighted by Crippen LogP contribution is -2.24. The molecule has 102 valence electrons. The molecule has 1 N–H and O–H groups in total. The van der Waals surface area contributed by atoms with Gasteiger partial charge in [0.05, 0.1) is 11.4 Å². The second-order valence-corrected chi connectivity index (χ2v) is 5.55. The van der Waals surface area contributed by atoms with Gasteiger partial charge < -0.3 is 5.11 Å². The average molecular weight is 277 g/mol. The van der Waals surface area contributed by atoms with Gasteiger partial charge in [-0.05, 0) is 24.8 Å². The second-order valence-electron chi connectivity index (χ2n) is 4.52. The predicted octanol–water partition coefficient (Wildman–Crippen LogP) is 2.23. The number of rotatable bonds is 7. The standard InChI is InChI=1S/C14H19N3OS/c1-12-8-16-13(9-15-12)10-17(5-3-6-18)11-14-4-2-7-19-14/h2,4,7-9,18H,3,5-6,10-11H2,1H3. The van der Waals surface area contributed by atoms with E-state index in [1.54, 1.807) is 17.5 Å². The van der Waals surface area contributed by atoms with Gasteiger partial charge in [-0.25, -0.2) is 0 Å². The lowest BCUT2D eigenvalue weighted by atomic mass is 10.3. The first-order valence-electron chi connectivity index (χ1n) is 6.41. The summed E-state index contributed by atoms with van der Waals surface area (Å²) in [4.78, 5) is 12.3. The summed E-state index contributed by atoms with van der Waals surface area (Å²) in [5, 5.41) is 11.1. The van der Waals surface area contributed by atoms with E-state index in [0.717, 1.165) is 37.4 Å². The molecule has 0 aliphatic heterocycles. The summed E-state index contributed by atoms with van der Waals surface area (Å²) in [6.45, 7) is 4.69. The first-order valence-corrected chi connectivity index (χ1v) is 7.29. The molecule has 2 aromatic rings. The minimum atomic E-state index is 0.223. The van der Waals surface area contributed by atoms with E-state index in [1.807, 2.05) is 13.1 Å². The van der Waals surface area contributed by atoms with E-state index in [-0.39, 0.29) is 6.61 Å². The Kier molecular flexibility index (Phi) is 5.44. The Balaban J connectivity index is 1.98. The van der Waals surface area contributed by atoms with E-state index in [0.29, 0.717) is 0 Å². The zero-order valence-electron chi connectivity index (χ0n) is 11.1. The Morgan fingerprint density at radius 2 is 2.16 bits per heavy atom. The number of hydrogen-bond donors (Lipinski definition) is 1. The molecule has 2 aromatic heterocycles. The van der Waals surface area contributed by atoms with Crippen LogP contribution in [0.2, 0.25) is 0 Å². The van der Waals surface area contributed by atoms with Crippen LogP contribution in [-0.4, -0.2) is 33.1 Å². The van der Waals surface area contributed by atoms with Crippen LogP contribution in [0.1, 0.15) is 22.7 Å².